The van der Waals surface area contributed by atoms with Crippen LogP contribution in [0.15, 0.2) is 24.3 Å². The van der Waals surface area contributed by atoms with Crippen molar-refractivity contribution in [3.05, 3.63) is 46.8 Å². The number of carbonyl (C=O) groups is 1. The van der Waals surface area contributed by atoms with Crippen LogP contribution in [0.1, 0.15) is 47.6 Å². The van der Waals surface area contributed by atoms with Crippen molar-refractivity contribution in [1.29, 1.82) is 0 Å². The van der Waals surface area contributed by atoms with Gasteiger partial charge in [0, 0.05) is 37.4 Å². The molecule has 1 amide bonds. The standard InChI is InChI=1S/C22H30N4O2/c1-15-7-4-5-9-19(15)26-20-10-6-8-18(20)21(24-26)22(27)23-11-12-25-13-16(2)28-17(3)14-25/h4-5,7,9,16-17H,6,8,10-14H2,1-3H3,(H,23,27). The molecule has 6 nitrogen and oxygen atoms in total. The number of nitrogens with zero attached hydrogens (tertiary/aromatic N) is 3. The molecule has 2 heterocycles. The van der Waals surface area contributed by atoms with E-state index in [4.69, 9.17) is 9.84 Å². The Hall–Kier alpha value is -2.18. The van der Waals surface area contributed by atoms with Gasteiger partial charge in [0.05, 0.1) is 17.9 Å². The Labute approximate surface area is 166 Å². The first-order chi connectivity index (χ1) is 13.5. The summed E-state index contributed by atoms with van der Waals surface area (Å²) in [6.45, 7) is 9.58. The number of benzene rings is 1. The number of hydrogen-bond donors (Lipinski definition) is 1. The van der Waals surface area contributed by atoms with Crippen LogP contribution in [0.5, 0.6) is 0 Å². The minimum atomic E-state index is -0.0557. The van der Waals surface area contributed by atoms with Crippen LogP contribution in [0, 0.1) is 6.92 Å². The molecule has 2 aliphatic rings. The molecule has 0 radical (unpaired) electrons. The lowest BCUT2D eigenvalue weighted by Gasteiger charge is -2.35. The number of hydrogen-bond acceptors (Lipinski definition) is 4. The second-order valence-electron chi connectivity index (χ2n) is 8.10. The van der Waals surface area contributed by atoms with Gasteiger partial charge < -0.3 is 10.1 Å². The summed E-state index contributed by atoms with van der Waals surface area (Å²) in [6.07, 6.45) is 3.49. The molecule has 1 aromatic carbocycles. The molecule has 2 atom stereocenters. The smallest absolute Gasteiger partial charge is 0.272 e. The Kier molecular flexibility index (Phi) is 5.51. The van der Waals surface area contributed by atoms with Crippen molar-refractivity contribution >= 4 is 5.91 Å². The average Bonchev–Trinajstić information content (AvgIpc) is 3.24. The summed E-state index contributed by atoms with van der Waals surface area (Å²) < 4.78 is 7.76. The number of aromatic nitrogens is 2. The maximum absolute atomic E-state index is 12.9. The number of ether oxygens (including phenoxy) is 1. The third-order valence-corrected chi connectivity index (χ3v) is 5.70. The van der Waals surface area contributed by atoms with E-state index in [1.807, 2.05) is 16.8 Å². The van der Waals surface area contributed by atoms with E-state index in [9.17, 15) is 4.79 Å². The van der Waals surface area contributed by atoms with E-state index in [2.05, 4.69) is 43.1 Å². The van der Waals surface area contributed by atoms with Crippen LogP contribution >= 0.6 is 0 Å². The van der Waals surface area contributed by atoms with E-state index in [1.165, 1.54) is 11.3 Å². The highest BCUT2D eigenvalue weighted by Gasteiger charge is 2.27. The van der Waals surface area contributed by atoms with Crippen LogP contribution in [0.2, 0.25) is 0 Å². The molecule has 0 saturated carbocycles. The summed E-state index contributed by atoms with van der Waals surface area (Å²) in [6, 6.07) is 8.21. The Morgan fingerprint density at radius 1 is 1.21 bits per heavy atom. The number of para-hydroxylation sites is 1. The fourth-order valence-corrected chi connectivity index (χ4v) is 4.50. The molecule has 0 bridgehead atoms. The first-order valence-corrected chi connectivity index (χ1v) is 10.4. The molecule has 0 spiro atoms. The molecular formula is C22H30N4O2. The van der Waals surface area contributed by atoms with E-state index >= 15 is 0 Å². The second-order valence-corrected chi connectivity index (χ2v) is 8.10. The Morgan fingerprint density at radius 2 is 1.96 bits per heavy atom. The van der Waals surface area contributed by atoms with Gasteiger partial charge in [-0.25, -0.2) is 4.68 Å². The van der Waals surface area contributed by atoms with E-state index in [0.717, 1.165) is 50.1 Å². The van der Waals surface area contributed by atoms with Crippen molar-refractivity contribution < 1.29 is 9.53 Å². The van der Waals surface area contributed by atoms with Crippen molar-refractivity contribution in [3.63, 3.8) is 0 Å². The molecule has 1 aromatic heterocycles. The monoisotopic (exact) mass is 382 g/mol. The van der Waals surface area contributed by atoms with Crippen molar-refractivity contribution in [1.82, 2.24) is 20.0 Å². The molecular weight excluding hydrogens is 352 g/mol. The van der Waals surface area contributed by atoms with Gasteiger partial charge in [0.15, 0.2) is 5.69 Å². The number of carbonyl (C=O) groups excluding carboxylic acids is 1. The molecule has 6 heteroatoms. The summed E-state index contributed by atoms with van der Waals surface area (Å²) in [7, 11) is 0. The zero-order valence-electron chi connectivity index (χ0n) is 17.1. The van der Waals surface area contributed by atoms with Gasteiger partial charge in [0.25, 0.3) is 5.91 Å². The maximum atomic E-state index is 12.9. The SMILES string of the molecule is Cc1ccccc1-n1nc(C(=O)NCCN2CC(C)OC(C)C2)c2c1CCC2. The number of fused-ring (bicyclic) bond motifs is 1. The minimum Gasteiger partial charge on any atom is -0.373 e. The molecule has 1 saturated heterocycles. The van der Waals surface area contributed by atoms with Gasteiger partial charge in [0.1, 0.15) is 0 Å². The van der Waals surface area contributed by atoms with Crippen molar-refractivity contribution in [2.75, 3.05) is 26.2 Å². The van der Waals surface area contributed by atoms with Gasteiger partial charge in [-0.15, -0.1) is 0 Å². The maximum Gasteiger partial charge on any atom is 0.272 e. The normalized spacial score (nSPS) is 22.2. The molecule has 1 aliphatic carbocycles. The summed E-state index contributed by atoms with van der Waals surface area (Å²) in [5.41, 5.74) is 5.14. The lowest BCUT2D eigenvalue weighted by molar-refractivity contribution is -0.0672. The zero-order valence-corrected chi connectivity index (χ0v) is 17.1. The molecule has 2 unspecified atom stereocenters. The Balaban J connectivity index is 1.45. The topological polar surface area (TPSA) is 59.4 Å². The Bertz CT molecular complexity index is 850. The van der Waals surface area contributed by atoms with Crippen LogP contribution in [0.3, 0.4) is 0 Å². The van der Waals surface area contributed by atoms with E-state index in [-0.39, 0.29) is 18.1 Å². The number of rotatable bonds is 5. The number of amides is 1. The van der Waals surface area contributed by atoms with Crippen molar-refractivity contribution in [2.24, 2.45) is 0 Å². The number of morpholine rings is 1. The second kappa shape index (κ2) is 8.05. The van der Waals surface area contributed by atoms with E-state index in [1.54, 1.807) is 0 Å². The molecule has 2 aromatic rings. The van der Waals surface area contributed by atoms with Crippen LogP contribution in [-0.2, 0) is 17.6 Å². The van der Waals surface area contributed by atoms with E-state index in [0.29, 0.717) is 12.2 Å². The van der Waals surface area contributed by atoms with Crippen LogP contribution in [0.25, 0.3) is 5.69 Å². The fraction of sp³-hybridized carbons (Fsp3) is 0.545. The third-order valence-electron chi connectivity index (χ3n) is 5.70. The van der Waals surface area contributed by atoms with Crippen LogP contribution in [0.4, 0.5) is 0 Å². The van der Waals surface area contributed by atoms with Gasteiger partial charge in [0.2, 0.25) is 0 Å². The van der Waals surface area contributed by atoms with E-state index < -0.39 is 0 Å². The third kappa shape index (κ3) is 3.84. The Morgan fingerprint density at radius 3 is 2.71 bits per heavy atom. The van der Waals surface area contributed by atoms with Gasteiger partial charge in [-0.1, -0.05) is 18.2 Å². The summed E-state index contributed by atoms with van der Waals surface area (Å²) in [4.78, 5) is 15.2. The highest BCUT2D eigenvalue weighted by molar-refractivity contribution is 5.94. The van der Waals surface area contributed by atoms with Gasteiger partial charge in [-0.05, 0) is 51.7 Å². The first kappa shape index (κ1) is 19.2. The van der Waals surface area contributed by atoms with Gasteiger partial charge >= 0.3 is 0 Å². The quantitative estimate of drug-likeness (QED) is 0.863. The van der Waals surface area contributed by atoms with Crippen molar-refractivity contribution in [2.45, 2.75) is 52.2 Å². The highest BCUT2D eigenvalue weighted by Crippen LogP contribution is 2.28. The molecule has 1 fully saturated rings. The fourth-order valence-electron chi connectivity index (χ4n) is 4.50. The van der Waals surface area contributed by atoms with Crippen LogP contribution in [-0.4, -0.2) is 59.0 Å². The average molecular weight is 383 g/mol. The molecule has 150 valence electrons. The number of nitrogens with one attached hydrogen (secondary N) is 1. The number of aryl methyl sites for hydroxylation is 1. The highest BCUT2D eigenvalue weighted by atomic mass is 16.5. The largest absolute Gasteiger partial charge is 0.373 e. The molecule has 4 rings (SSSR count). The molecule has 1 N–H and O–H groups in total. The molecule has 28 heavy (non-hydrogen) atoms. The summed E-state index contributed by atoms with van der Waals surface area (Å²) in [5.74, 6) is -0.0557. The van der Waals surface area contributed by atoms with Crippen molar-refractivity contribution in [3.8, 4) is 5.69 Å². The van der Waals surface area contributed by atoms with Gasteiger partial charge in [-0.2, -0.15) is 5.10 Å². The lowest BCUT2D eigenvalue weighted by Crippen LogP contribution is -2.47. The van der Waals surface area contributed by atoms with Gasteiger partial charge in [-0.3, -0.25) is 9.69 Å². The predicted octanol–water partition coefficient (Wildman–Crippen LogP) is 2.51. The molecule has 1 aliphatic heterocycles. The zero-order chi connectivity index (χ0) is 19.7. The van der Waals surface area contributed by atoms with Crippen LogP contribution < -0.4 is 5.32 Å². The summed E-state index contributed by atoms with van der Waals surface area (Å²) in [5, 5.41) is 7.81. The lowest BCUT2D eigenvalue weighted by atomic mass is 10.2. The minimum absolute atomic E-state index is 0.0557. The first-order valence-electron chi connectivity index (χ1n) is 10.4. The summed E-state index contributed by atoms with van der Waals surface area (Å²) >= 11 is 0. The predicted molar refractivity (Wildman–Crippen MR) is 109 cm³/mol.